The Morgan fingerprint density at radius 1 is 1.30 bits per heavy atom. The van der Waals surface area contributed by atoms with Gasteiger partial charge in [0.1, 0.15) is 0 Å². The van der Waals surface area contributed by atoms with Gasteiger partial charge in [0.25, 0.3) is 0 Å². The summed E-state index contributed by atoms with van der Waals surface area (Å²) in [6, 6.07) is 4.90. The number of thioether (sulfide) groups is 1. The topological polar surface area (TPSA) is 66.4 Å². The number of aliphatic hydroxyl groups excluding tert-OH is 1. The third-order valence-corrected chi connectivity index (χ3v) is 5.93. The Labute approximate surface area is 126 Å². The highest BCUT2D eigenvalue weighted by Crippen LogP contribution is 2.21. The number of sulfonamides is 1. The summed E-state index contributed by atoms with van der Waals surface area (Å²) in [7, 11) is -3.54. The van der Waals surface area contributed by atoms with Crippen LogP contribution in [-0.4, -0.2) is 31.1 Å². The molecule has 20 heavy (non-hydrogen) atoms. The number of hydrogen-bond acceptors (Lipinski definition) is 4. The molecule has 0 heterocycles. The highest BCUT2D eigenvalue weighted by atomic mass is 32.2. The Hall–Kier alpha value is -0.560. The number of aliphatic hydroxyl groups is 1. The molecule has 0 radical (unpaired) electrons. The van der Waals surface area contributed by atoms with E-state index in [1.54, 1.807) is 30.0 Å². The first-order valence-electron chi connectivity index (χ1n) is 6.53. The van der Waals surface area contributed by atoms with Gasteiger partial charge in [-0.2, -0.15) is 11.8 Å². The van der Waals surface area contributed by atoms with Gasteiger partial charge in [-0.3, -0.25) is 0 Å². The van der Waals surface area contributed by atoms with E-state index in [4.69, 9.17) is 0 Å². The lowest BCUT2D eigenvalue weighted by Crippen LogP contribution is -2.36. The Kier molecular flexibility index (Phi) is 6.06. The molecule has 0 spiro atoms. The predicted octanol–water partition coefficient (Wildman–Crippen LogP) is 2.16. The van der Waals surface area contributed by atoms with Gasteiger partial charge in [0, 0.05) is 11.3 Å². The lowest BCUT2D eigenvalue weighted by atomic mass is 10.1. The minimum atomic E-state index is -3.54. The summed E-state index contributed by atoms with van der Waals surface area (Å²) in [6.07, 6.45) is 2.72. The second-order valence-corrected chi connectivity index (χ2v) is 8.51. The Balaban J connectivity index is 2.98. The zero-order valence-corrected chi connectivity index (χ0v) is 14.1. The van der Waals surface area contributed by atoms with Crippen LogP contribution in [0.1, 0.15) is 31.9 Å². The number of aryl methyl sites for hydroxylation is 1. The van der Waals surface area contributed by atoms with Gasteiger partial charge in [0.05, 0.1) is 11.5 Å². The van der Waals surface area contributed by atoms with Crippen molar-refractivity contribution in [3.8, 4) is 0 Å². The maximum atomic E-state index is 12.3. The zero-order valence-electron chi connectivity index (χ0n) is 12.4. The fraction of sp³-hybridized carbons (Fsp3) is 0.571. The minimum Gasteiger partial charge on any atom is -0.392 e. The average Bonchev–Trinajstić information content (AvgIpc) is 2.44. The highest BCUT2D eigenvalue weighted by Gasteiger charge is 2.21. The summed E-state index contributed by atoms with van der Waals surface area (Å²) in [6.45, 7) is 6.16. The molecule has 0 unspecified atom stereocenters. The van der Waals surface area contributed by atoms with Crippen molar-refractivity contribution in [3.63, 3.8) is 0 Å². The molecular formula is C14H23NO3S2. The second kappa shape index (κ2) is 6.93. The monoisotopic (exact) mass is 317 g/mol. The van der Waals surface area contributed by atoms with Gasteiger partial charge in [-0.05, 0) is 49.8 Å². The average molecular weight is 317 g/mol. The second-order valence-electron chi connectivity index (χ2n) is 5.23. The van der Waals surface area contributed by atoms with E-state index in [9.17, 15) is 13.5 Å². The van der Waals surface area contributed by atoms with Gasteiger partial charge in [-0.1, -0.05) is 13.0 Å². The van der Waals surface area contributed by atoms with Crippen molar-refractivity contribution in [1.82, 2.24) is 4.72 Å². The fourth-order valence-corrected chi connectivity index (χ4v) is 3.26. The zero-order chi connectivity index (χ0) is 15.4. The molecule has 0 aromatic heterocycles. The van der Waals surface area contributed by atoms with Crippen LogP contribution in [0.25, 0.3) is 0 Å². The van der Waals surface area contributed by atoms with Crippen molar-refractivity contribution in [1.29, 1.82) is 0 Å². The number of benzene rings is 1. The highest BCUT2D eigenvalue weighted by molar-refractivity contribution is 8.00. The lowest BCUT2D eigenvalue weighted by molar-refractivity contribution is 0.280. The third-order valence-electron chi connectivity index (χ3n) is 3.28. The number of rotatable bonds is 7. The van der Waals surface area contributed by atoms with Crippen LogP contribution >= 0.6 is 11.8 Å². The molecule has 0 saturated carbocycles. The quantitative estimate of drug-likeness (QED) is 0.809. The molecule has 0 saturated heterocycles. The molecule has 0 atom stereocenters. The van der Waals surface area contributed by atoms with Crippen molar-refractivity contribution in [2.75, 3.05) is 12.8 Å². The first-order valence-corrected chi connectivity index (χ1v) is 9.24. The van der Waals surface area contributed by atoms with Crippen molar-refractivity contribution < 1.29 is 13.5 Å². The van der Waals surface area contributed by atoms with E-state index in [1.807, 2.05) is 27.0 Å². The first kappa shape index (κ1) is 17.5. The van der Waals surface area contributed by atoms with Gasteiger partial charge >= 0.3 is 0 Å². The lowest BCUT2D eigenvalue weighted by Gasteiger charge is -2.22. The molecule has 1 aromatic carbocycles. The van der Waals surface area contributed by atoms with Crippen LogP contribution < -0.4 is 4.72 Å². The molecular weight excluding hydrogens is 294 g/mol. The van der Waals surface area contributed by atoms with E-state index in [1.165, 1.54) is 0 Å². The standard InChI is InChI=1S/C14H23NO3S2/c1-5-11-6-7-13(8-12(11)9-16)20(17,18)15-10-14(2,3)19-4/h6-8,15-16H,5,9-10H2,1-4H3. The summed E-state index contributed by atoms with van der Waals surface area (Å²) in [5, 5.41) is 9.32. The van der Waals surface area contributed by atoms with E-state index < -0.39 is 10.0 Å². The van der Waals surface area contributed by atoms with Crippen molar-refractivity contribution in [2.24, 2.45) is 0 Å². The van der Waals surface area contributed by atoms with Crippen molar-refractivity contribution in [2.45, 2.75) is 43.4 Å². The van der Waals surface area contributed by atoms with E-state index in [2.05, 4.69) is 4.72 Å². The summed E-state index contributed by atoms with van der Waals surface area (Å²) < 4.78 is 27.0. The first-order chi connectivity index (χ1) is 9.25. The number of hydrogen-bond donors (Lipinski definition) is 2. The maximum Gasteiger partial charge on any atom is 0.240 e. The van der Waals surface area contributed by atoms with Gasteiger partial charge < -0.3 is 5.11 Å². The van der Waals surface area contributed by atoms with Gasteiger partial charge in [0.15, 0.2) is 0 Å². The molecule has 0 bridgehead atoms. The molecule has 1 aromatic rings. The molecule has 6 heteroatoms. The fourth-order valence-electron chi connectivity index (χ4n) is 1.69. The van der Waals surface area contributed by atoms with Crippen LogP contribution in [0.15, 0.2) is 23.1 Å². The molecule has 0 aliphatic heterocycles. The largest absolute Gasteiger partial charge is 0.392 e. The van der Waals surface area contributed by atoms with E-state index in [0.29, 0.717) is 12.1 Å². The number of nitrogens with one attached hydrogen (secondary N) is 1. The summed E-state index contributed by atoms with van der Waals surface area (Å²) in [5.74, 6) is 0. The van der Waals surface area contributed by atoms with E-state index in [-0.39, 0.29) is 16.2 Å². The van der Waals surface area contributed by atoms with Crippen LogP contribution in [0.3, 0.4) is 0 Å². The smallest absolute Gasteiger partial charge is 0.240 e. The molecule has 0 aliphatic rings. The Bertz CT molecular complexity index is 554. The van der Waals surface area contributed by atoms with E-state index >= 15 is 0 Å². The molecule has 4 nitrogen and oxygen atoms in total. The molecule has 114 valence electrons. The van der Waals surface area contributed by atoms with Crippen LogP contribution in [0.5, 0.6) is 0 Å². The maximum absolute atomic E-state index is 12.3. The summed E-state index contributed by atoms with van der Waals surface area (Å²) >= 11 is 1.61. The molecule has 2 N–H and O–H groups in total. The van der Waals surface area contributed by atoms with Gasteiger partial charge in [0.2, 0.25) is 10.0 Å². The van der Waals surface area contributed by atoms with Crippen LogP contribution in [0, 0.1) is 0 Å². The van der Waals surface area contributed by atoms with Crippen LogP contribution in [-0.2, 0) is 23.1 Å². The van der Waals surface area contributed by atoms with Crippen molar-refractivity contribution >= 4 is 21.8 Å². The third kappa shape index (κ3) is 4.48. The molecule has 0 aliphatic carbocycles. The van der Waals surface area contributed by atoms with Crippen LogP contribution in [0.2, 0.25) is 0 Å². The van der Waals surface area contributed by atoms with Gasteiger partial charge in [-0.15, -0.1) is 0 Å². The molecule has 1 rings (SSSR count). The summed E-state index contributed by atoms with van der Waals surface area (Å²) in [4.78, 5) is 0.204. The summed E-state index contributed by atoms with van der Waals surface area (Å²) in [5.41, 5.74) is 1.63. The van der Waals surface area contributed by atoms with Gasteiger partial charge in [-0.25, -0.2) is 13.1 Å². The van der Waals surface area contributed by atoms with Crippen molar-refractivity contribution in [3.05, 3.63) is 29.3 Å². The predicted molar refractivity (Wildman–Crippen MR) is 84.5 cm³/mol. The molecule has 0 amide bonds. The molecule has 0 fully saturated rings. The Morgan fingerprint density at radius 2 is 1.95 bits per heavy atom. The SMILES string of the molecule is CCc1ccc(S(=O)(=O)NCC(C)(C)SC)cc1CO. The normalized spacial score (nSPS) is 12.7. The minimum absolute atomic E-state index is 0.150. The Morgan fingerprint density at radius 3 is 2.45 bits per heavy atom. The van der Waals surface area contributed by atoms with E-state index in [0.717, 1.165) is 12.0 Å². The van der Waals surface area contributed by atoms with Crippen LogP contribution in [0.4, 0.5) is 0 Å².